The molecule has 0 spiro atoms. The number of rotatable bonds is 5. The third-order valence-electron chi connectivity index (χ3n) is 2.76. The lowest BCUT2D eigenvalue weighted by atomic mass is 9.82. The van der Waals surface area contributed by atoms with Crippen LogP contribution in [0.5, 0.6) is 0 Å². The standard InChI is InChI=1S/C15H23Cl2NO2S/c1-14(2,3)10-15(4,5)18-21(19,20)9-11-6-7-12(16)8-13(11)17/h6-8,18H,9-10H2,1-5H3. The Morgan fingerprint density at radius 1 is 1.10 bits per heavy atom. The molecule has 0 aliphatic carbocycles. The smallest absolute Gasteiger partial charge is 0.212 e. The minimum atomic E-state index is -3.48. The van der Waals surface area contributed by atoms with Gasteiger partial charge in [0, 0.05) is 15.6 Å². The number of nitrogens with one attached hydrogen (secondary N) is 1. The quantitative estimate of drug-likeness (QED) is 0.840. The van der Waals surface area contributed by atoms with E-state index in [1.807, 2.05) is 13.8 Å². The van der Waals surface area contributed by atoms with Crippen molar-refractivity contribution in [3.63, 3.8) is 0 Å². The first-order chi connectivity index (χ1) is 9.30. The number of hydrogen-bond acceptors (Lipinski definition) is 2. The van der Waals surface area contributed by atoms with Crippen LogP contribution in [0.2, 0.25) is 10.0 Å². The molecular weight excluding hydrogens is 329 g/mol. The zero-order chi connectivity index (χ0) is 16.5. The third-order valence-corrected chi connectivity index (χ3v) is 4.91. The molecule has 0 aliphatic rings. The maximum absolute atomic E-state index is 12.3. The molecule has 0 amide bonds. The van der Waals surface area contributed by atoms with Crippen molar-refractivity contribution in [2.45, 2.75) is 52.3 Å². The van der Waals surface area contributed by atoms with E-state index in [0.717, 1.165) is 6.42 Å². The van der Waals surface area contributed by atoms with Crippen LogP contribution in [0.3, 0.4) is 0 Å². The Hall–Kier alpha value is -0.290. The maximum Gasteiger partial charge on any atom is 0.216 e. The van der Waals surface area contributed by atoms with E-state index >= 15 is 0 Å². The second-order valence-electron chi connectivity index (χ2n) is 7.22. The molecule has 0 aliphatic heterocycles. The molecule has 120 valence electrons. The summed E-state index contributed by atoms with van der Waals surface area (Å²) in [6, 6.07) is 4.83. The predicted molar refractivity (Wildman–Crippen MR) is 90.4 cm³/mol. The van der Waals surface area contributed by atoms with Crippen molar-refractivity contribution in [1.29, 1.82) is 0 Å². The van der Waals surface area contributed by atoms with Crippen molar-refractivity contribution in [3.05, 3.63) is 33.8 Å². The Morgan fingerprint density at radius 2 is 1.67 bits per heavy atom. The molecule has 1 rings (SSSR count). The van der Waals surface area contributed by atoms with Gasteiger partial charge in [0.1, 0.15) is 0 Å². The highest BCUT2D eigenvalue weighted by molar-refractivity contribution is 7.88. The molecule has 0 aromatic heterocycles. The van der Waals surface area contributed by atoms with Crippen LogP contribution >= 0.6 is 23.2 Å². The summed E-state index contributed by atoms with van der Waals surface area (Å²) in [6.07, 6.45) is 0.730. The lowest BCUT2D eigenvalue weighted by Gasteiger charge is -2.33. The third kappa shape index (κ3) is 7.00. The molecule has 0 heterocycles. The molecule has 6 heteroatoms. The molecule has 0 fully saturated rings. The zero-order valence-corrected chi connectivity index (χ0v) is 15.5. The number of sulfonamides is 1. The minimum absolute atomic E-state index is 0.0317. The van der Waals surface area contributed by atoms with Crippen LogP contribution in [-0.2, 0) is 15.8 Å². The van der Waals surface area contributed by atoms with Gasteiger partial charge in [0.25, 0.3) is 0 Å². The first-order valence-electron chi connectivity index (χ1n) is 6.75. The fourth-order valence-corrected chi connectivity index (χ4v) is 4.86. The summed E-state index contributed by atoms with van der Waals surface area (Å²) in [6.45, 7) is 10.0. The van der Waals surface area contributed by atoms with Crippen LogP contribution in [-0.4, -0.2) is 14.0 Å². The summed E-state index contributed by atoms with van der Waals surface area (Å²) >= 11 is 11.9. The number of hydrogen-bond donors (Lipinski definition) is 1. The van der Waals surface area contributed by atoms with Crippen molar-refractivity contribution >= 4 is 33.2 Å². The molecule has 0 atom stereocenters. The van der Waals surface area contributed by atoms with Gasteiger partial charge in [0.05, 0.1) is 5.75 Å². The van der Waals surface area contributed by atoms with Gasteiger partial charge >= 0.3 is 0 Å². The fourth-order valence-electron chi connectivity index (χ4n) is 2.66. The van der Waals surface area contributed by atoms with Crippen molar-refractivity contribution in [2.24, 2.45) is 5.41 Å². The van der Waals surface area contributed by atoms with Crippen LogP contribution in [0.1, 0.15) is 46.6 Å². The van der Waals surface area contributed by atoms with Gasteiger partial charge in [-0.15, -0.1) is 0 Å². The highest BCUT2D eigenvalue weighted by Gasteiger charge is 2.30. The molecular formula is C15H23Cl2NO2S. The Kier molecular flexibility index (Phi) is 5.76. The first-order valence-corrected chi connectivity index (χ1v) is 9.16. The monoisotopic (exact) mass is 351 g/mol. The van der Waals surface area contributed by atoms with E-state index in [1.54, 1.807) is 18.2 Å². The summed E-state index contributed by atoms with van der Waals surface area (Å²) in [7, 11) is -3.48. The second-order valence-corrected chi connectivity index (χ2v) is 9.78. The molecule has 21 heavy (non-hydrogen) atoms. The summed E-state index contributed by atoms with van der Waals surface area (Å²) < 4.78 is 27.4. The first kappa shape index (κ1) is 18.8. The molecule has 1 aromatic carbocycles. The Bertz CT molecular complexity index is 605. The summed E-state index contributed by atoms with van der Waals surface area (Å²) in [5.41, 5.74) is 0.0556. The molecule has 0 radical (unpaired) electrons. The van der Waals surface area contributed by atoms with Crippen molar-refractivity contribution in [3.8, 4) is 0 Å². The Balaban J connectivity index is 2.87. The van der Waals surface area contributed by atoms with Crippen LogP contribution in [0, 0.1) is 5.41 Å². The minimum Gasteiger partial charge on any atom is -0.212 e. The van der Waals surface area contributed by atoms with E-state index in [2.05, 4.69) is 25.5 Å². The lowest BCUT2D eigenvalue weighted by molar-refractivity contribution is 0.269. The zero-order valence-electron chi connectivity index (χ0n) is 13.1. The molecule has 0 saturated heterocycles. The van der Waals surface area contributed by atoms with Crippen molar-refractivity contribution < 1.29 is 8.42 Å². The van der Waals surface area contributed by atoms with Gasteiger partial charge in [-0.05, 0) is 43.4 Å². The van der Waals surface area contributed by atoms with Crippen molar-refractivity contribution in [2.75, 3.05) is 0 Å². The topological polar surface area (TPSA) is 46.2 Å². The van der Waals surface area contributed by atoms with E-state index in [-0.39, 0.29) is 11.2 Å². The second kappa shape index (κ2) is 6.45. The van der Waals surface area contributed by atoms with Gasteiger partial charge in [-0.2, -0.15) is 0 Å². The van der Waals surface area contributed by atoms with Crippen LogP contribution in [0.4, 0.5) is 0 Å². The SMILES string of the molecule is CC(C)(C)CC(C)(C)NS(=O)(=O)Cc1ccc(Cl)cc1Cl. The van der Waals surface area contributed by atoms with Gasteiger partial charge < -0.3 is 0 Å². The van der Waals surface area contributed by atoms with Gasteiger partial charge in [-0.3, -0.25) is 0 Å². The van der Waals surface area contributed by atoms with Gasteiger partial charge in [0.2, 0.25) is 10.0 Å². The summed E-state index contributed by atoms with van der Waals surface area (Å²) in [5.74, 6) is -0.156. The van der Waals surface area contributed by atoms with Crippen LogP contribution in [0.25, 0.3) is 0 Å². The van der Waals surface area contributed by atoms with Crippen LogP contribution in [0.15, 0.2) is 18.2 Å². The largest absolute Gasteiger partial charge is 0.216 e. The average Bonchev–Trinajstić information content (AvgIpc) is 2.16. The van der Waals surface area contributed by atoms with Gasteiger partial charge in [0.15, 0.2) is 0 Å². The molecule has 0 unspecified atom stereocenters. The van der Waals surface area contributed by atoms with E-state index < -0.39 is 15.6 Å². The highest BCUT2D eigenvalue weighted by atomic mass is 35.5. The normalized spacial score (nSPS) is 13.5. The van der Waals surface area contributed by atoms with E-state index in [1.165, 1.54) is 0 Å². The average molecular weight is 352 g/mol. The molecule has 0 saturated carbocycles. The summed E-state index contributed by atoms with van der Waals surface area (Å²) in [5, 5.41) is 0.851. The number of halogens is 2. The van der Waals surface area contributed by atoms with Crippen LogP contribution < -0.4 is 4.72 Å². The summed E-state index contributed by atoms with van der Waals surface area (Å²) in [4.78, 5) is 0. The van der Waals surface area contributed by atoms with Gasteiger partial charge in [-0.25, -0.2) is 13.1 Å². The Morgan fingerprint density at radius 3 is 2.14 bits per heavy atom. The maximum atomic E-state index is 12.3. The molecule has 3 nitrogen and oxygen atoms in total. The van der Waals surface area contributed by atoms with E-state index in [4.69, 9.17) is 23.2 Å². The Labute approximate surface area is 138 Å². The number of benzene rings is 1. The lowest BCUT2D eigenvalue weighted by Crippen LogP contribution is -2.46. The van der Waals surface area contributed by atoms with Gasteiger partial charge in [-0.1, -0.05) is 50.0 Å². The molecule has 1 aromatic rings. The predicted octanol–water partition coefficient (Wildman–Crippen LogP) is 4.63. The molecule has 1 N–H and O–H groups in total. The van der Waals surface area contributed by atoms with E-state index in [9.17, 15) is 8.42 Å². The molecule has 0 bridgehead atoms. The van der Waals surface area contributed by atoms with Crippen molar-refractivity contribution in [1.82, 2.24) is 4.72 Å². The highest BCUT2D eigenvalue weighted by Crippen LogP contribution is 2.28. The fraction of sp³-hybridized carbons (Fsp3) is 0.600. The van der Waals surface area contributed by atoms with E-state index in [0.29, 0.717) is 15.6 Å².